The minimum atomic E-state index is -4.96. The Labute approximate surface area is 223 Å². The molecule has 1 atom stereocenters. The van der Waals surface area contributed by atoms with Gasteiger partial charge in [-0.2, -0.15) is 13.2 Å². The molecule has 1 aromatic carbocycles. The molecule has 0 fully saturated rings. The standard InChI is InChI=1S/C23H22ClF3N8O4/c1-22(2,39)20(37)30-18-15(4-3-9-28-18)35-12-29-17(31-35)11-34-21(38)33(10-16(36)23(25,26)27)19(32-34)13-5-7-14(24)8-6-13/h3-9,12,16,36,39H,10-11H2,1-2H3,(H,28,30,37)/t16-/m0/s1. The highest BCUT2D eigenvalue weighted by Gasteiger charge is 2.39. The molecule has 4 aromatic rings. The number of carbonyl (C=O) groups is 1. The Balaban J connectivity index is 1.67. The Bertz CT molecular complexity index is 1540. The van der Waals surface area contributed by atoms with Gasteiger partial charge in [0.2, 0.25) is 0 Å². The summed E-state index contributed by atoms with van der Waals surface area (Å²) < 4.78 is 42.1. The smallest absolute Gasteiger partial charge is 0.382 e. The molecule has 1 amide bonds. The minimum absolute atomic E-state index is 0.0596. The van der Waals surface area contributed by atoms with E-state index < -0.39 is 36.0 Å². The number of anilines is 1. The Morgan fingerprint density at radius 2 is 1.82 bits per heavy atom. The van der Waals surface area contributed by atoms with Crippen LogP contribution in [0.4, 0.5) is 19.0 Å². The van der Waals surface area contributed by atoms with Crippen molar-refractivity contribution in [2.75, 3.05) is 5.32 Å². The van der Waals surface area contributed by atoms with Gasteiger partial charge in [-0.25, -0.2) is 24.1 Å². The zero-order valence-electron chi connectivity index (χ0n) is 20.5. The number of alkyl halides is 3. The van der Waals surface area contributed by atoms with Crippen LogP contribution in [0, 0.1) is 0 Å². The van der Waals surface area contributed by atoms with E-state index in [2.05, 4.69) is 25.5 Å². The van der Waals surface area contributed by atoms with Gasteiger partial charge in [0.05, 0.1) is 6.54 Å². The molecule has 0 radical (unpaired) electrons. The molecular formula is C23H22ClF3N8O4. The van der Waals surface area contributed by atoms with Gasteiger partial charge in [-0.1, -0.05) is 11.6 Å². The van der Waals surface area contributed by atoms with Crippen LogP contribution in [0.1, 0.15) is 19.7 Å². The average Bonchev–Trinajstić information content (AvgIpc) is 3.44. The zero-order chi connectivity index (χ0) is 28.5. The van der Waals surface area contributed by atoms with Gasteiger partial charge in [-0.15, -0.1) is 10.2 Å². The van der Waals surface area contributed by atoms with Crippen LogP contribution in [0.25, 0.3) is 17.1 Å². The van der Waals surface area contributed by atoms with Gasteiger partial charge < -0.3 is 15.5 Å². The normalized spacial score (nSPS) is 12.9. The number of pyridine rings is 1. The number of aliphatic hydroxyl groups is 2. The summed E-state index contributed by atoms with van der Waals surface area (Å²) in [7, 11) is 0. The molecule has 3 heterocycles. The van der Waals surface area contributed by atoms with Crippen LogP contribution in [-0.4, -0.2) is 68.1 Å². The van der Waals surface area contributed by atoms with Gasteiger partial charge >= 0.3 is 11.9 Å². The first-order valence-electron chi connectivity index (χ1n) is 11.3. The lowest BCUT2D eigenvalue weighted by Crippen LogP contribution is -2.37. The lowest BCUT2D eigenvalue weighted by atomic mass is 10.1. The van der Waals surface area contributed by atoms with Crippen molar-refractivity contribution in [1.29, 1.82) is 0 Å². The second kappa shape index (κ2) is 10.6. The molecule has 39 heavy (non-hydrogen) atoms. The number of carbonyl (C=O) groups excluding carboxylic acids is 1. The molecule has 3 aromatic heterocycles. The maximum Gasteiger partial charge on any atom is 0.416 e. The third-order valence-electron chi connectivity index (χ3n) is 5.41. The molecule has 206 valence electrons. The van der Waals surface area contributed by atoms with Crippen molar-refractivity contribution in [3.05, 3.63) is 70.3 Å². The van der Waals surface area contributed by atoms with Crippen LogP contribution >= 0.6 is 11.6 Å². The Hall–Kier alpha value is -4.08. The van der Waals surface area contributed by atoms with Crippen molar-refractivity contribution in [3.8, 4) is 17.1 Å². The predicted octanol–water partition coefficient (Wildman–Crippen LogP) is 2.02. The fraction of sp³-hybridized carbons (Fsp3) is 0.304. The topological polar surface area (TPSA) is 153 Å². The number of rotatable bonds is 8. The highest BCUT2D eigenvalue weighted by molar-refractivity contribution is 6.30. The quantitative estimate of drug-likeness (QED) is 0.293. The molecule has 0 bridgehead atoms. The number of halogens is 4. The summed E-state index contributed by atoms with van der Waals surface area (Å²) in [6.07, 6.45) is -5.07. The first kappa shape index (κ1) is 27.9. The minimum Gasteiger partial charge on any atom is -0.382 e. The second-order valence-corrected chi connectivity index (χ2v) is 9.36. The van der Waals surface area contributed by atoms with E-state index in [1.165, 1.54) is 55.3 Å². The molecule has 12 nitrogen and oxygen atoms in total. The van der Waals surface area contributed by atoms with Crippen LogP contribution in [0.2, 0.25) is 5.02 Å². The monoisotopic (exact) mass is 566 g/mol. The summed E-state index contributed by atoms with van der Waals surface area (Å²) in [6.45, 7) is 1.21. The number of nitrogens with one attached hydrogen (secondary N) is 1. The number of aromatic nitrogens is 7. The van der Waals surface area contributed by atoms with Crippen molar-refractivity contribution < 1.29 is 28.2 Å². The van der Waals surface area contributed by atoms with Gasteiger partial charge in [0, 0.05) is 16.8 Å². The molecule has 4 rings (SSSR count). The van der Waals surface area contributed by atoms with E-state index >= 15 is 0 Å². The molecular weight excluding hydrogens is 545 g/mol. The molecule has 16 heteroatoms. The average molecular weight is 567 g/mol. The Kier molecular flexibility index (Phi) is 7.59. The maximum atomic E-state index is 13.1. The number of amides is 1. The summed E-state index contributed by atoms with van der Waals surface area (Å²) in [6, 6.07) is 9.07. The van der Waals surface area contributed by atoms with Crippen molar-refractivity contribution in [1.82, 2.24) is 34.1 Å². The summed E-state index contributed by atoms with van der Waals surface area (Å²) in [5, 5.41) is 30.8. The number of hydrogen-bond acceptors (Lipinski definition) is 8. The third-order valence-corrected chi connectivity index (χ3v) is 5.66. The molecule has 0 aliphatic heterocycles. The molecule has 3 N–H and O–H groups in total. The van der Waals surface area contributed by atoms with Gasteiger partial charge in [-0.3, -0.25) is 9.36 Å². The first-order valence-corrected chi connectivity index (χ1v) is 11.7. The van der Waals surface area contributed by atoms with Crippen molar-refractivity contribution >= 4 is 23.3 Å². The van der Waals surface area contributed by atoms with Gasteiger partial charge in [0.15, 0.2) is 23.6 Å². The van der Waals surface area contributed by atoms with Crippen LogP contribution in [0.3, 0.4) is 0 Å². The van der Waals surface area contributed by atoms with Crippen LogP contribution in [0.15, 0.2) is 53.7 Å². The predicted molar refractivity (Wildman–Crippen MR) is 132 cm³/mol. The van der Waals surface area contributed by atoms with Crippen molar-refractivity contribution in [2.45, 2.75) is 44.8 Å². The Morgan fingerprint density at radius 1 is 1.13 bits per heavy atom. The molecule has 0 saturated carbocycles. The second-order valence-electron chi connectivity index (χ2n) is 8.93. The summed E-state index contributed by atoms with van der Waals surface area (Å²) in [5.74, 6) is -0.697. The van der Waals surface area contributed by atoms with E-state index in [4.69, 9.17) is 11.6 Å². The molecule has 0 spiro atoms. The van der Waals surface area contributed by atoms with E-state index in [0.717, 1.165) is 4.68 Å². The lowest BCUT2D eigenvalue weighted by Gasteiger charge is -2.17. The van der Waals surface area contributed by atoms with Crippen LogP contribution < -0.4 is 11.0 Å². The fourth-order valence-corrected chi connectivity index (χ4v) is 3.48. The summed E-state index contributed by atoms with van der Waals surface area (Å²) >= 11 is 5.90. The molecule has 0 unspecified atom stereocenters. The summed E-state index contributed by atoms with van der Waals surface area (Å²) in [5.41, 5.74) is -2.02. The first-order chi connectivity index (χ1) is 18.2. The number of nitrogens with zero attached hydrogens (tertiary/aromatic N) is 7. The number of benzene rings is 1. The molecule has 0 aliphatic rings. The zero-order valence-corrected chi connectivity index (χ0v) is 21.2. The van der Waals surface area contributed by atoms with E-state index in [1.54, 1.807) is 12.1 Å². The van der Waals surface area contributed by atoms with E-state index in [1.807, 2.05) is 0 Å². The third kappa shape index (κ3) is 6.32. The highest BCUT2D eigenvalue weighted by Crippen LogP contribution is 2.24. The fourth-order valence-electron chi connectivity index (χ4n) is 3.36. The highest BCUT2D eigenvalue weighted by atomic mass is 35.5. The van der Waals surface area contributed by atoms with Gasteiger partial charge in [-0.05, 0) is 50.2 Å². The largest absolute Gasteiger partial charge is 0.416 e. The molecule has 0 saturated heterocycles. The SMILES string of the molecule is CC(C)(O)C(=O)Nc1ncccc1-n1cnc(Cn2nc(-c3ccc(Cl)cc3)n(C[C@H](O)C(F)(F)F)c2=O)n1. The van der Waals surface area contributed by atoms with Gasteiger partial charge in [0.25, 0.3) is 5.91 Å². The van der Waals surface area contributed by atoms with Crippen molar-refractivity contribution in [2.24, 2.45) is 0 Å². The van der Waals surface area contributed by atoms with Crippen molar-refractivity contribution in [3.63, 3.8) is 0 Å². The van der Waals surface area contributed by atoms with Gasteiger partial charge in [0.1, 0.15) is 24.2 Å². The number of hydrogen-bond donors (Lipinski definition) is 3. The number of aliphatic hydroxyl groups excluding tert-OH is 1. The maximum absolute atomic E-state index is 13.1. The van der Waals surface area contributed by atoms with E-state index in [-0.39, 0.29) is 24.0 Å². The van der Waals surface area contributed by atoms with E-state index in [9.17, 15) is 33.0 Å². The summed E-state index contributed by atoms with van der Waals surface area (Å²) in [4.78, 5) is 33.5. The van der Waals surface area contributed by atoms with Crippen LogP contribution in [0.5, 0.6) is 0 Å². The lowest BCUT2D eigenvalue weighted by molar-refractivity contribution is -0.207. The Morgan fingerprint density at radius 3 is 2.46 bits per heavy atom. The van der Waals surface area contributed by atoms with Crippen LogP contribution in [-0.2, 0) is 17.9 Å². The van der Waals surface area contributed by atoms with E-state index in [0.29, 0.717) is 20.8 Å². The molecule has 0 aliphatic carbocycles.